The molecule has 1 unspecified atom stereocenters. The average Bonchev–Trinajstić information content (AvgIpc) is 3.30. The van der Waals surface area contributed by atoms with Gasteiger partial charge in [-0.2, -0.15) is 0 Å². The number of hydrogen-bond donors (Lipinski definition) is 1. The first kappa shape index (κ1) is 20.1. The molecule has 162 valence electrons. The number of amides is 2. The van der Waals surface area contributed by atoms with E-state index in [1.165, 1.54) is 17.0 Å². The molecule has 0 aliphatic carbocycles. The molecule has 5 rings (SSSR count). The van der Waals surface area contributed by atoms with E-state index < -0.39 is 18.0 Å². The fraction of sp³-hybridized carbons (Fsp3) is 0.200. The van der Waals surface area contributed by atoms with Gasteiger partial charge in [-0.15, -0.1) is 0 Å². The first-order chi connectivity index (χ1) is 15.5. The molecule has 7 heteroatoms. The molecule has 3 aromatic carbocycles. The van der Waals surface area contributed by atoms with Gasteiger partial charge >= 0.3 is 6.09 Å². The van der Waals surface area contributed by atoms with Crippen molar-refractivity contribution in [2.45, 2.75) is 26.0 Å². The summed E-state index contributed by atoms with van der Waals surface area (Å²) in [6, 6.07) is 19.7. The molecular weight excluding hydrogens is 409 g/mol. The summed E-state index contributed by atoms with van der Waals surface area (Å²) < 4.78 is 21.2. The Morgan fingerprint density at radius 2 is 1.88 bits per heavy atom. The van der Waals surface area contributed by atoms with E-state index in [2.05, 4.69) is 28.9 Å². The molecule has 1 aliphatic rings. The summed E-state index contributed by atoms with van der Waals surface area (Å²) in [5.74, 6) is -0.626. The predicted molar refractivity (Wildman–Crippen MR) is 122 cm³/mol. The largest absolute Gasteiger partial charge is 0.444 e. The first-order valence-corrected chi connectivity index (χ1v) is 10.6. The molecule has 6 nitrogen and oxygen atoms in total. The van der Waals surface area contributed by atoms with Crippen LogP contribution in [0.5, 0.6) is 0 Å². The van der Waals surface area contributed by atoms with Gasteiger partial charge in [0.05, 0.1) is 13.0 Å². The third-order valence-corrected chi connectivity index (χ3v) is 5.82. The number of carbonyl (C=O) groups is 2. The monoisotopic (exact) mass is 431 g/mol. The van der Waals surface area contributed by atoms with Gasteiger partial charge < -0.3 is 14.2 Å². The molecule has 0 spiro atoms. The third kappa shape index (κ3) is 3.56. The molecule has 0 radical (unpaired) electrons. The third-order valence-electron chi connectivity index (χ3n) is 5.82. The molecule has 2 amide bonds. The number of para-hydroxylation sites is 1. The van der Waals surface area contributed by atoms with Gasteiger partial charge in [0.25, 0.3) is 0 Å². The van der Waals surface area contributed by atoms with Crippen LogP contribution in [0.4, 0.5) is 20.6 Å². The van der Waals surface area contributed by atoms with Gasteiger partial charge in [0, 0.05) is 39.7 Å². The molecule has 32 heavy (non-hydrogen) atoms. The lowest BCUT2D eigenvalue weighted by molar-refractivity contribution is -0.117. The van der Waals surface area contributed by atoms with Crippen molar-refractivity contribution in [3.05, 3.63) is 72.5 Å². The number of rotatable bonds is 4. The average molecular weight is 431 g/mol. The molecule has 4 aromatic rings. The highest BCUT2D eigenvalue weighted by molar-refractivity contribution is 6.09. The zero-order valence-electron chi connectivity index (χ0n) is 17.5. The number of nitrogens with zero attached hydrogens (tertiary/aromatic N) is 2. The number of carbonyl (C=O) groups excluding carboxylic acids is 2. The number of hydrogen-bond acceptors (Lipinski definition) is 3. The highest BCUT2D eigenvalue weighted by Gasteiger charge is 2.33. The zero-order valence-corrected chi connectivity index (χ0v) is 17.5. The Kier molecular flexibility index (Phi) is 5.01. The Hall–Kier alpha value is -3.87. The highest BCUT2D eigenvalue weighted by Crippen LogP contribution is 2.31. The van der Waals surface area contributed by atoms with Crippen molar-refractivity contribution in [2.24, 2.45) is 0 Å². The Morgan fingerprint density at radius 3 is 2.69 bits per heavy atom. The van der Waals surface area contributed by atoms with Gasteiger partial charge in [0.1, 0.15) is 11.9 Å². The van der Waals surface area contributed by atoms with Gasteiger partial charge in [-0.1, -0.05) is 24.3 Å². The maximum atomic E-state index is 13.5. The number of fused-ring (bicyclic) bond motifs is 3. The van der Waals surface area contributed by atoms with E-state index in [-0.39, 0.29) is 18.9 Å². The summed E-state index contributed by atoms with van der Waals surface area (Å²) >= 11 is 0. The van der Waals surface area contributed by atoms with Crippen LogP contribution in [-0.4, -0.2) is 29.2 Å². The molecule has 1 N–H and O–H groups in total. The molecule has 1 atom stereocenters. The van der Waals surface area contributed by atoms with Gasteiger partial charge in [-0.05, 0) is 49.4 Å². The first-order valence-electron chi connectivity index (χ1n) is 10.6. The highest BCUT2D eigenvalue weighted by atomic mass is 19.1. The number of halogens is 1. The number of benzene rings is 3. The van der Waals surface area contributed by atoms with Crippen LogP contribution in [0, 0.1) is 5.82 Å². The Labute approximate surface area is 184 Å². The lowest BCUT2D eigenvalue weighted by Crippen LogP contribution is -2.28. The summed E-state index contributed by atoms with van der Waals surface area (Å²) in [6.07, 6.45) is -1.16. The van der Waals surface area contributed by atoms with E-state index in [1.54, 1.807) is 12.1 Å². The van der Waals surface area contributed by atoms with Crippen molar-refractivity contribution in [2.75, 3.05) is 16.8 Å². The van der Waals surface area contributed by atoms with Crippen molar-refractivity contribution in [3.8, 4) is 0 Å². The van der Waals surface area contributed by atoms with E-state index in [0.29, 0.717) is 11.4 Å². The van der Waals surface area contributed by atoms with Crippen molar-refractivity contribution >= 4 is 45.2 Å². The lowest BCUT2D eigenvalue weighted by Gasteiger charge is -2.17. The van der Waals surface area contributed by atoms with E-state index in [1.807, 2.05) is 30.3 Å². The zero-order chi connectivity index (χ0) is 22.2. The van der Waals surface area contributed by atoms with E-state index in [9.17, 15) is 14.0 Å². The van der Waals surface area contributed by atoms with Crippen LogP contribution in [0.15, 0.2) is 66.7 Å². The second kappa shape index (κ2) is 8.00. The standard InChI is InChI=1S/C25H22FN3O3/c1-2-28-22-9-4-3-8-20(22)21-13-17(10-11-23(21)28)27-25(31)32-19-14-24(30)29(15-19)18-7-5-6-16(26)12-18/h3-13,19H,2,14-15H2,1H3,(H,27,31). The van der Waals surface area contributed by atoms with Crippen LogP contribution in [0.3, 0.4) is 0 Å². The van der Waals surface area contributed by atoms with Gasteiger partial charge in [0.15, 0.2) is 0 Å². The van der Waals surface area contributed by atoms with E-state index in [0.717, 1.165) is 28.4 Å². The Bertz CT molecular complexity index is 1350. The summed E-state index contributed by atoms with van der Waals surface area (Å²) in [5.41, 5.74) is 3.32. The SMILES string of the molecule is CCn1c2ccccc2c2cc(NC(=O)OC3CC(=O)N(c4cccc(F)c4)C3)ccc21. The second-order valence-electron chi connectivity index (χ2n) is 7.83. The quantitative estimate of drug-likeness (QED) is 0.476. The minimum atomic E-state index is -0.623. The summed E-state index contributed by atoms with van der Waals surface area (Å²) in [4.78, 5) is 26.3. The Morgan fingerprint density at radius 1 is 1.06 bits per heavy atom. The molecule has 2 heterocycles. The minimum Gasteiger partial charge on any atom is -0.444 e. The maximum Gasteiger partial charge on any atom is 0.411 e. The fourth-order valence-corrected chi connectivity index (χ4v) is 4.42. The van der Waals surface area contributed by atoms with Crippen LogP contribution in [-0.2, 0) is 16.1 Å². The number of aryl methyl sites for hydroxylation is 1. The van der Waals surface area contributed by atoms with Crippen LogP contribution in [0.2, 0.25) is 0 Å². The summed E-state index contributed by atoms with van der Waals surface area (Å²) in [7, 11) is 0. The Balaban J connectivity index is 1.31. The molecule has 0 bridgehead atoms. The molecule has 1 saturated heterocycles. The normalized spacial score (nSPS) is 16.1. The van der Waals surface area contributed by atoms with Crippen LogP contribution in [0.25, 0.3) is 21.8 Å². The molecule has 1 aliphatic heterocycles. The van der Waals surface area contributed by atoms with Crippen molar-refractivity contribution in [1.82, 2.24) is 4.57 Å². The van der Waals surface area contributed by atoms with E-state index in [4.69, 9.17) is 4.74 Å². The molecular formula is C25H22FN3O3. The van der Waals surface area contributed by atoms with Crippen molar-refractivity contribution in [3.63, 3.8) is 0 Å². The van der Waals surface area contributed by atoms with Gasteiger partial charge in [0.2, 0.25) is 5.91 Å². The number of ether oxygens (including phenoxy) is 1. The van der Waals surface area contributed by atoms with Crippen LogP contribution >= 0.6 is 0 Å². The van der Waals surface area contributed by atoms with Crippen LogP contribution < -0.4 is 10.2 Å². The van der Waals surface area contributed by atoms with E-state index >= 15 is 0 Å². The fourth-order valence-electron chi connectivity index (χ4n) is 4.42. The van der Waals surface area contributed by atoms with Crippen molar-refractivity contribution < 1.29 is 18.7 Å². The number of aromatic nitrogens is 1. The maximum absolute atomic E-state index is 13.5. The van der Waals surface area contributed by atoms with Gasteiger partial charge in [-0.3, -0.25) is 10.1 Å². The predicted octanol–water partition coefficient (Wildman–Crippen LogP) is 5.31. The lowest BCUT2D eigenvalue weighted by atomic mass is 10.1. The molecule has 1 fully saturated rings. The molecule has 0 saturated carbocycles. The van der Waals surface area contributed by atoms with Crippen molar-refractivity contribution in [1.29, 1.82) is 0 Å². The topological polar surface area (TPSA) is 63.6 Å². The van der Waals surface area contributed by atoms with Gasteiger partial charge in [-0.25, -0.2) is 9.18 Å². The van der Waals surface area contributed by atoms with Crippen LogP contribution in [0.1, 0.15) is 13.3 Å². The number of anilines is 2. The molecule has 1 aromatic heterocycles. The smallest absolute Gasteiger partial charge is 0.411 e. The summed E-state index contributed by atoms with van der Waals surface area (Å²) in [6.45, 7) is 3.14. The number of nitrogens with one attached hydrogen (secondary N) is 1. The minimum absolute atomic E-state index is 0.0625. The summed E-state index contributed by atoms with van der Waals surface area (Å²) in [5, 5.41) is 4.94. The second-order valence-corrected chi connectivity index (χ2v) is 7.83.